The number of anilines is 1. The topological polar surface area (TPSA) is 65.0 Å². The van der Waals surface area contributed by atoms with E-state index in [1.165, 1.54) is 25.9 Å². The molecule has 0 saturated carbocycles. The highest BCUT2D eigenvalue weighted by Gasteiger charge is 2.20. The number of β-amino-alcohol motifs (C(OH)–C–C–N with tert-alkyl or cyclic N) is 1. The maximum atomic E-state index is 12.6. The minimum Gasteiger partial charge on any atom is -0.493 e. The second kappa shape index (κ2) is 11.8. The molecule has 34 heavy (non-hydrogen) atoms. The van der Waals surface area contributed by atoms with E-state index < -0.39 is 0 Å². The summed E-state index contributed by atoms with van der Waals surface area (Å²) in [4.78, 5) is 17.3. The van der Waals surface area contributed by atoms with Crippen LogP contribution in [0.25, 0.3) is 11.1 Å². The average molecular weight is 466 g/mol. The zero-order valence-corrected chi connectivity index (χ0v) is 20.7. The summed E-state index contributed by atoms with van der Waals surface area (Å²) in [6.07, 6.45) is 4.66. The van der Waals surface area contributed by atoms with E-state index in [9.17, 15) is 9.90 Å². The van der Waals surface area contributed by atoms with Crippen molar-refractivity contribution in [2.75, 3.05) is 51.2 Å². The number of hydrogen-bond donors (Lipinski definition) is 2. The summed E-state index contributed by atoms with van der Waals surface area (Å²) < 4.78 is 6.16. The first-order valence-electron chi connectivity index (χ1n) is 12.8. The Morgan fingerprint density at radius 1 is 1.00 bits per heavy atom. The SMILES string of the molecule is Cc1c(NC(=O)CCN2CC[C@@H](O)C2)cccc1-c1cccc(OCCCN2CCCC2)c1C. The summed E-state index contributed by atoms with van der Waals surface area (Å²) in [6.45, 7) is 10.7. The standard InChI is InChI=1S/C28H39N3O3/c1-21-24(8-5-10-26(21)29-28(33)13-18-31-17-12-23(32)20-31)25-9-6-11-27(22(25)2)34-19-7-16-30-14-3-4-15-30/h5-6,8-11,23,32H,3-4,7,12-20H2,1-2H3,(H,29,33)/t23-/m1/s1. The number of ether oxygens (including phenoxy) is 1. The highest BCUT2D eigenvalue weighted by Crippen LogP contribution is 2.34. The predicted octanol–water partition coefficient (Wildman–Crippen LogP) is 4.23. The van der Waals surface area contributed by atoms with Crippen molar-refractivity contribution in [3.8, 4) is 16.9 Å². The van der Waals surface area contributed by atoms with Gasteiger partial charge in [-0.2, -0.15) is 0 Å². The molecule has 2 aromatic rings. The summed E-state index contributed by atoms with van der Waals surface area (Å²) in [5.74, 6) is 0.939. The summed E-state index contributed by atoms with van der Waals surface area (Å²) in [5, 5.41) is 12.8. The number of carbonyl (C=O) groups is 1. The summed E-state index contributed by atoms with van der Waals surface area (Å²) in [6, 6.07) is 12.3. The molecule has 0 aromatic heterocycles. The van der Waals surface area contributed by atoms with Gasteiger partial charge in [0.25, 0.3) is 0 Å². The second-order valence-electron chi connectivity index (χ2n) is 9.70. The first kappa shape index (κ1) is 24.7. The number of nitrogens with one attached hydrogen (secondary N) is 1. The lowest BCUT2D eigenvalue weighted by molar-refractivity contribution is -0.116. The maximum Gasteiger partial charge on any atom is 0.225 e. The van der Waals surface area contributed by atoms with E-state index in [0.717, 1.165) is 66.2 Å². The molecule has 0 radical (unpaired) electrons. The third-order valence-corrected chi connectivity index (χ3v) is 7.16. The van der Waals surface area contributed by atoms with Gasteiger partial charge in [0, 0.05) is 38.3 Å². The molecule has 184 valence electrons. The van der Waals surface area contributed by atoms with Gasteiger partial charge in [-0.15, -0.1) is 0 Å². The molecule has 2 aliphatic heterocycles. The average Bonchev–Trinajstić information content (AvgIpc) is 3.50. The van der Waals surface area contributed by atoms with Crippen molar-refractivity contribution in [1.29, 1.82) is 0 Å². The molecule has 2 saturated heterocycles. The summed E-state index contributed by atoms with van der Waals surface area (Å²) >= 11 is 0. The quantitative estimate of drug-likeness (QED) is 0.514. The molecule has 2 aromatic carbocycles. The Morgan fingerprint density at radius 2 is 1.74 bits per heavy atom. The molecular weight excluding hydrogens is 426 g/mol. The number of rotatable bonds is 10. The zero-order valence-electron chi connectivity index (χ0n) is 20.7. The Morgan fingerprint density at radius 3 is 2.47 bits per heavy atom. The Hall–Kier alpha value is -2.41. The number of carbonyl (C=O) groups excluding carboxylic acids is 1. The largest absolute Gasteiger partial charge is 0.493 e. The van der Waals surface area contributed by atoms with Crippen LogP contribution in [0, 0.1) is 13.8 Å². The zero-order chi connectivity index (χ0) is 23.9. The van der Waals surface area contributed by atoms with Crippen molar-refractivity contribution in [3.05, 3.63) is 47.5 Å². The smallest absolute Gasteiger partial charge is 0.225 e. The van der Waals surface area contributed by atoms with Gasteiger partial charge in [0.1, 0.15) is 5.75 Å². The van der Waals surface area contributed by atoms with Gasteiger partial charge in [0.05, 0.1) is 12.7 Å². The molecule has 0 unspecified atom stereocenters. The number of nitrogens with zero attached hydrogens (tertiary/aromatic N) is 2. The number of aliphatic hydroxyl groups excluding tert-OH is 1. The van der Waals surface area contributed by atoms with Gasteiger partial charge in [-0.05, 0) is 87.0 Å². The lowest BCUT2D eigenvalue weighted by Crippen LogP contribution is -2.26. The lowest BCUT2D eigenvalue weighted by atomic mass is 9.95. The van der Waals surface area contributed by atoms with Crippen molar-refractivity contribution in [2.24, 2.45) is 0 Å². The fraction of sp³-hybridized carbons (Fsp3) is 0.536. The predicted molar refractivity (Wildman–Crippen MR) is 137 cm³/mol. The summed E-state index contributed by atoms with van der Waals surface area (Å²) in [5.41, 5.74) is 5.28. The van der Waals surface area contributed by atoms with Crippen LogP contribution in [-0.2, 0) is 4.79 Å². The third-order valence-electron chi connectivity index (χ3n) is 7.16. The van der Waals surface area contributed by atoms with Gasteiger partial charge in [-0.3, -0.25) is 4.79 Å². The van der Waals surface area contributed by atoms with Gasteiger partial charge in [-0.1, -0.05) is 24.3 Å². The van der Waals surface area contributed by atoms with E-state index in [2.05, 4.69) is 41.1 Å². The third kappa shape index (κ3) is 6.38. The van der Waals surface area contributed by atoms with E-state index in [4.69, 9.17) is 4.74 Å². The van der Waals surface area contributed by atoms with E-state index in [-0.39, 0.29) is 12.0 Å². The normalized spacial score (nSPS) is 19.0. The first-order chi connectivity index (χ1) is 16.5. The van der Waals surface area contributed by atoms with Crippen molar-refractivity contribution >= 4 is 11.6 Å². The van der Waals surface area contributed by atoms with Crippen LogP contribution in [0.1, 0.15) is 43.2 Å². The van der Waals surface area contributed by atoms with Gasteiger partial charge in [-0.25, -0.2) is 0 Å². The van der Waals surface area contributed by atoms with Gasteiger partial charge >= 0.3 is 0 Å². The molecule has 1 amide bonds. The number of benzene rings is 2. The second-order valence-corrected chi connectivity index (χ2v) is 9.70. The molecule has 2 N–H and O–H groups in total. The van der Waals surface area contributed by atoms with Crippen LogP contribution >= 0.6 is 0 Å². The fourth-order valence-electron chi connectivity index (χ4n) is 5.09. The van der Waals surface area contributed by atoms with Gasteiger partial charge in [0.2, 0.25) is 5.91 Å². The molecule has 4 rings (SSSR count). The first-order valence-corrected chi connectivity index (χ1v) is 12.8. The highest BCUT2D eigenvalue weighted by atomic mass is 16.5. The highest BCUT2D eigenvalue weighted by molar-refractivity contribution is 5.93. The van der Waals surface area contributed by atoms with E-state index in [1.54, 1.807) is 0 Å². The maximum absolute atomic E-state index is 12.6. The van der Waals surface area contributed by atoms with Crippen LogP contribution in [0.15, 0.2) is 36.4 Å². The lowest BCUT2D eigenvalue weighted by Gasteiger charge is -2.18. The molecule has 1 atom stereocenters. The van der Waals surface area contributed by atoms with Crippen molar-refractivity contribution in [3.63, 3.8) is 0 Å². The molecule has 0 spiro atoms. The Kier molecular flexibility index (Phi) is 8.59. The molecule has 0 bridgehead atoms. The Bertz CT molecular complexity index is 971. The van der Waals surface area contributed by atoms with Crippen molar-refractivity contribution < 1.29 is 14.6 Å². The van der Waals surface area contributed by atoms with E-state index in [1.807, 2.05) is 24.3 Å². The molecule has 2 heterocycles. The number of aliphatic hydroxyl groups is 1. The van der Waals surface area contributed by atoms with Crippen LogP contribution in [0.2, 0.25) is 0 Å². The minimum atomic E-state index is -0.255. The summed E-state index contributed by atoms with van der Waals surface area (Å²) in [7, 11) is 0. The van der Waals surface area contributed by atoms with Crippen molar-refractivity contribution in [1.82, 2.24) is 9.80 Å². The Balaban J connectivity index is 1.37. The number of amides is 1. The van der Waals surface area contributed by atoms with Gasteiger partial charge in [0.15, 0.2) is 0 Å². The minimum absolute atomic E-state index is 0.00782. The monoisotopic (exact) mass is 465 g/mol. The number of hydrogen-bond acceptors (Lipinski definition) is 5. The molecule has 2 fully saturated rings. The molecule has 2 aliphatic rings. The fourth-order valence-corrected chi connectivity index (χ4v) is 5.09. The molecule has 6 heteroatoms. The van der Waals surface area contributed by atoms with Crippen LogP contribution in [-0.4, -0.2) is 72.8 Å². The molecular formula is C28H39N3O3. The van der Waals surface area contributed by atoms with E-state index in [0.29, 0.717) is 19.5 Å². The van der Waals surface area contributed by atoms with Gasteiger partial charge < -0.3 is 25.0 Å². The van der Waals surface area contributed by atoms with E-state index >= 15 is 0 Å². The van der Waals surface area contributed by atoms with Crippen molar-refractivity contribution in [2.45, 2.75) is 52.1 Å². The Labute approximate surface area is 203 Å². The van der Waals surface area contributed by atoms with Crippen LogP contribution in [0.5, 0.6) is 5.75 Å². The molecule has 6 nitrogen and oxygen atoms in total. The van der Waals surface area contributed by atoms with Crippen LogP contribution < -0.4 is 10.1 Å². The number of likely N-dealkylation sites (tertiary alicyclic amines) is 2. The van der Waals surface area contributed by atoms with Crippen LogP contribution in [0.4, 0.5) is 5.69 Å². The molecule has 0 aliphatic carbocycles. The van der Waals surface area contributed by atoms with Crippen LogP contribution in [0.3, 0.4) is 0 Å².